The van der Waals surface area contributed by atoms with Gasteiger partial charge in [-0.1, -0.05) is 0 Å². The normalized spacial score (nSPS) is 18.6. The lowest BCUT2D eigenvalue weighted by atomic mass is 9.92. The maximum atomic E-state index is 11.6. The zero-order valence-electron chi connectivity index (χ0n) is 10.0. The topological polar surface area (TPSA) is 75.6 Å². The van der Waals surface area contributed by atoms with E-state index in [4.69, 9.17) is 4.74 Å². The predicted molar refractivity (Wildman–Crippen MR) is 66.2 cm³/mol. The molecule has 0 radical (unpaired) electrons. The Bertz CT molecular complexity index is 277. The average Bonchev–Trinajstić information content (AvgIpc) is 2.30. The fourth-order valence-electron chi connectivity index (χ4n) is 1.75. The van der Waals surface area contributed by atoms with E-state index < -0.39 is 11.5 Å². The van der Waals surface area contributed by atoms with E-state index in [9.17, 15) is 14.7 Å². The van der Waals surface area contributed by atoms with Gasteiger partial charge in [0.15, 0.2) is 0 Å². The van der Waals surface area contributed by atoms with Gasteiger partial charge in [-0.05, 0) is 31.3 Å². The fraction of sp³-hybridized carbons (Fsp3) is 0.818. The summed E-state index contributed by atoms with van der Waals surface area (Å²) in [5.41, 5.74) is -1.06. The van der Waals surface area contributed by atoms with Crippen molar-refractivity contribution < 1.29 is 19.4 Å². The number of carboxylic acid groups (broad SMARTS) is 1. The van der Waals surface area contributed by atoms with Crippen molar-refractivity contribution in [1.82, 2.24) is 5.32 Å². The molecular formula is C11H19NO4S. The number of nitrogens with one attached hydrogen (secondary N) is 1. The zero-order valence-corrected chi connectivity index (χ0v) is 10.8. The third-order valence-electron chi connectivity index (χ3n) is 2.81. The molecule has 0 saturated carbocycles. The molecule has 2 N–H and O–H groups in total. The predicted octanol–water partition coefficient (Wildman–Crippen LogP) is 0.880. The van der Waals surface area contributed by atoms with Crippen LogP contribution < -0.4 is 5.32 Å². The van der Waals surface area contributed by atoms with Gasteiger partial charge < -0.3 is 15.2 Å². The lowest BCUT2D eigenvalue weighted by Crippen LogP contribution is -2.56. The summed E-state index contributed by atoms with van der Waals surface area (Å²) in [6.07, 6.45) is 1.21. The molecule has 98 valence electrons. The Labute approximate surface area is 105 Å². The molecule has 0 aliphatic carbocycles. The van der Waals surface area contributed by atoms with E-state index in [2.05, 4.69) is 5.32 Å². The van der Waals surface area contributed by atoms with E-state index >= 15 is 0 Å². The van der Waals surface area contributed by atoms with E-state index in [-0.39, 0.29) is 12.3 Å². The highest BCUT2D eigenvalue weighted by Crippen LogP contribution is 2.27. The number of carboxylic acids is 1. The molecule has 0 unspecified atom stereocenters. The Morgan fingerprint density at radius 1 is 1.41 bits per heavy atom. The number of aliphatic carboxylic acids is 1. The summed E-state index contributed by atoms with van der Waals surface area (Å²) >= 11 is 1.72. The second-order valence-electron chi connectivity index (χ2n) is 3.99. The molecule has 1 saturated heterocycles. The van der Waals surface area contributed by atoms with Crippen LogP contribution >= 0.6 is 11.8 Å². The number of rotatable bonds is 6. The molecule has 0 aromatic heterocycles. The van der Waals surface area contributed by atoms with Crippen LogP contribution in [0, 0.1) is 0 Å². The van der Waals surface area contributed by atoms with Gasteiger partial charge in [-0.3, -0.25) is 4.79 Å². The van der Waals surface area contributed by atoms with Gasteiger partial charge >= 0.3 is 5.97 Å². The largest absolute Gasteiger partial charge is 0.480 e. The standard InChI is InChI=1S/C11H19NO4S/c1-2-16-6-3-9(13)12-11(10(14)15)4-7-17-8-5-11/h2-8H2,1H3,(H,12,13)(H,14,15). The molecule has 17 heavy (non-hydrogen) atoms. The van der Waals surface area contributed by atoms with Gasteiger partial charge in [-0.2, -0.15) is 11.8 Å². The van der Waals surface area contributed by atoms with E-state index in [1.165, 1.54) is 0 Å². The van der Waals surface area contributed by atoms with Gasteiger partial charge in [-0.25, -0.2) is 4.79 Å². The molecule has 1 aliphatic heterocycles. The minimum absolute atomic E-state index is 0.218. The van der Waals surface area contributed by atoms with Crippen molar-refractivity contribution in [2.75, 3.05) is 24.7 Å². The third kappa shape index (κ3) is 4.20. The van der Waals surface area contributed by atoms with Crippen molar-refractivity contribution in [1.29, 1.82) is 0 Å². The molecule has 6 heteroatoms. The highest BCUT2D eigenvalue weighted by Gasteiger charge is 2.40. The molecular weight excluding hydrogens is 242 g/mol. The van der Waals surface area contributed by atoms with Crippen LogP contribution in [-0.2, 0) is 14.3 Å². The quantitative estimate of drug-likeness (QED) is 0.694. The van der Waals surface area contributed by atoms with E-state index in [0.717, 1.165) is 11.5 Å². The van der Waals surface area contributed by atoms with Gasteiger partial charge in [0.25, 0.3) is 0 Å². The highest BCUT2D eigenvalue weighted by atomic mass is 32.2. The third-order valence-corrected chi connectivity index (χ3v) is 3.80. The van der Waals surface area contributed by atoms with Gasteiger partial charge in [0, 0.05) is 13.0 Å². The molecule has 0 spiro atoms. The zero-order chi connectivity index (χ0) is 12.7. The first-order valence-corrected chi connectivity index (χ1v) is 6.96. The summed E-state index contributed by atoms with van der Waals surface area (Å²) in [7, 11) is 0. The van der Waals surface area contributed by atoms with Crippen molar-refractivity contribution in [3.8, 4) is 0 Å². The van der Waals surface area contributed by atoms with Crippen LogP contribution in [0.3, 0.4) is 0 Å². The molecule has 0 atom stereocenters. The van der Waals surface area contributed by atoms with Crippen molar-refractivity contribution in [3.63, 3.8) is 0 Å². The Morgan fingerprint density at radius 2 is 2.06 bits per heavy atom. The lowest BCUT2D eigenvalue weighted by molar-refractivity contribution is -0.148. The number of ether oxygens (including phenoxy) is 1. The Hall–Kier alpha value is -0.750. The number of carbonyl (C=O) groups is 2. The first-order valence-electron chi connectivity index (χ1n) is 5.80. The molecule has 1 fully saturated rings. The molecule has 0 bridgehead atoms. The monoisotopic (exact) mass is 261 g/mol. The molecule has 1 aliphatic rings. The highest BCUT2D eigenvalue weighted by molar-refractivity contribution is 7.99. The Kier molecular flexibility index (Phi) is 5.77. The first-order chi connectivity index (χ1) is 8.10. The van der Waals surface area contributed by atoms with Crippen LogP contribution in [0.25, 0.3) is 0 Å². The summed E-state index contributed by atoms with van der Waals surface area (Å²) in [6, 6.07) is 0. The van der Waals surface area contributed by atoms with Crippen molar-refractivity contribution in [2.24, 2.45) is 0 Å². The number of carbonyl (C=O) groups excluding carboxylic acids is 1. The smallest absolute Gasteiger partial charge is 0.329 e. The van der Waals surface area contributed by atoms with Crippen molar-refractivity contribution in [2.45, 2.75) is 31.7 Å². The number of hydrogen-bond acceptors (Lipinski definition) is 4. The van der Waals surface area contributed by atoms with Crippen LogP contribution in [0.15, 0.2) is 0 Å². The lowest BCUT2D eigenvalue weighted by Gasteiger charge is -2.33. The van der Waals surface area contributed by atoms with Crippen molar-refractivity contribution in [3.05, 3.63) is 0 Å². The summed E-state index contributed by atoms with van der Waals surface area (Å²) in [6.45, 7) is 2.76. The fourth-order valence-corrected chi connectivity index (χ4v) is 2.94. The number of thioether (sulfide) groups is 1. The van der Waals surface area contributed by atoms with Gasteiger partial charge in [0.2, 0.25) is 5.91 Å². The number of hydrogen-bond donors (Lipinski definition) is 2. The summed E-state index contributed by atoms with van der Waals surface area (Å²) in [5, 5.41) is 11.9. The molecule has 0 aromatic rings. The minimum atomic E-state index is -1.06. The van der Waals surface area contributed by atoms with Crippen LogP contribution in [-0.4, -0.2) is 47.2 Å². The maximum Gasteiger partial charge on any atom is 0.329 e. The Morgan fingerprint density at radius 3 is 2.59 bits per heavy atom. The maximum absolute atomic E-state index is 11.6. The minimum Gasteiger partial charge on any atom is -0.480 e. The molecule has 5 nitrogen and oxygen atoms in total. The number of amides is 1. The first kappa shape index (κ1) is 14.3. The van der Waals surface area contributed by atoms with Crippen LogP contribution in [0.2, 0.25) is 0 Å². The molecule has 1 rings (SSSR count). The second kappa shape index (κ2) is 6.86. The van der Waals surface area contributed by atoms with E-state index in [1.54, 1.807) is 11.8 Å². The van der Waals surface area contributed by atoms with Crippen LogP contribution in [0.4, 0.5) is 0 Å². The van der Waals surface area contributed by atoms with Gasteiger partial charge in [0.1, 0.15) is 5.54 Å². The SMILES string of the molecule is CCOCCC(=O)NC1(C(=O)O)CCSCC1. The summed E-state index contributed by atoms with van der Waals surface area (Å²) in [5.74, 6) is 0.381. The van der Waals surface area contributed by atoms with E-state index in [0.29, 0.717) is 26.1 Å². The molecule has 1 heterocycles. The van der Waals surface area contributed by atoms with Gasteiger partial charge in [-0.15, -0.1) is 0 Å². The van der Waals surface area contributed by atoms with Gasteiger partial charge in [0.05, 0.1) is 6.61 Å². The van der Waals surface area contributed by atoms with E-state index in [1.807, 2.05) is 6.92 Å². The Balaban J connectivity index is 2.48. The summed E-state index contributed by atoms with van der Waals surface area (Å²) < 4.78 is 5.07. The summed E-state index contributed by atoms with van der Waals surface area (Å²) in [4.78, 5) is 22.9. The van der Waals surface area contributed by atoms with Crippen molar-refractivity contribution >= 4 is 23.6 Å². The molecule has 1 amide bonds. The molecule has 0 aromatic carbocycles. The van der Waals surface area contributed by atoms with Crippen LogP contribution in [0.5, 0.6) is 0 Å². The average molecular weight is 261 g/mol. The van der Waals surface area contributed by atoms with Crippen LogP contribution in [0.1, 0.15) is 26.2 Å². The second-order valence-corrected chi connectivity index (χ2v) is 5.22.